The Labute approximate surface area is 111 Å². The molecule has 0 radical (unpaired) electrons. The Balaban J connectivity index is 2.36. The van der Waals surface area contributed by atoms with Crippen molar-refractivity contribution in [1.29, 1.82) is 0 Å². The van der Waals surface area contributed by atoms with Crippen LogP contribution in [0.25, 0.3) is 0 Å². The van der Waals surface area contributed by atoms with Crippen molar-refractivity contribution in [1.82, 2.24) is 10.2 Å². The first-order valence-corrected chi connectivity index (χ1v) is 6.80. The van der Waals surface area contributed by atoms with E-state index >= 15 is 0 Å². The van der Waals surface area contributed by atoms with Crippen LogP contribution in [0.4, 0.5) is 0 Å². The first-order chi connectivity index (χ1) is 8.20. The summed E-state index contributed by atoms with van der Waals surface area (Å²) in [4.78, 5) is 13.9. The molecule has 0 atom stereocenters. The molecule has 1 saturated heterocycles. The Kier molecular flexibility index (Phi) is 5.17. The zero-order valence-electron chi connectivity index (χ0n) is 12.5. The van der Waals surface area contributed by atoms with Gasteiger partial charge in [-0.05, 0) is 25.7 Å². The highest BCUT2D eigenvalue weighted by Crippen LogP contribution is 2.26. The summed E-state index contributed by atoms with van der Waals surface area (Å²) in [6, 6.07) is 0. The number of hydrogen-bond acceptors (Lipinski definition) is 3. The third-order valence-corrected chi connectivity index (χ3v) is 3.05. The van der Waals surface area contributed by atoms with Gasteiger partial charge in [0.15, 0.2) is 0 Å². The molecular formula is C14H28N2O2. The van der Waals surface area contributed by atoms with Gasteiger partial charge in [-0.3, -0.25) is 4.79 Å². The summed E-state index contributed by atoms with van der Waals surface area (Å²) in [5.74, 6) is 0.181. The highest BCUT2D eigenvalue weighted by atomic mass is 16.5. The van der Waals surface area contributed by atoms with Gasteiger partial charge in [0.1, 0.15) is 0 Å². The molecule has 1 rings (SSSR count). The summed E-state index contributed by atoms with van der Waals surface area (Å²) in [5.41, 5.74) is 0.249. The number of morpholine rings is 1. The molecular weight excluding hydrogens is 228 g/mol. The van der Waals surface area contributed by atoms with Crippen molar-refractivity contribution in [3.63, 3.8) is 0 Å². The molecule has 4 nitrogen and oxygen atoms in total. The second-order valence-corrected chi connectivity index (χ2v) is 6.97. The maximum atomic E-state index is 12.0. The fourth-order valence-electron chi connectivity index (χ4n) is 2.63. The monoisotopic (exact) mass is 256 g/mol. The van der Waals surface area contributed by atoms with E-state index in [0.717, 1.165) is 19.5 Å². The van der Waals surface area contributed by atoms with E-state index in [-0.39, 0.29) is 16.9 Å². The van der Waals surface area contributed by atoms with Crippen LogP contribution in [0.3, 0.4) is 0 Å². The topological polar surface area (TPSA) is 41.6 Å². The average Bonchev–Trinajstić information content (AvgIpc) is 2.24. The number of nitrogens with zero attached hydrogens (tertiary/aromatic N) is 1. The van der Waals surface area contributed by atoms with Crippen molar-refractivity contribution < 1.29 is 9.53 Å². The van der Waals surface area contributed by atoms with Crippen molar-refractivity contribution >= 4 is 5.91 Å². The summed E-state index contributed by atoms with van der Waals surface area (Å²) >= 11 is 0. The van der Waals surface area contributed by atoms with E-state index in [2.05, 4.69) is 39.9 Å². The smallest absolute Gasteiger partial charge is 0.236 e. The average molecular weight is 256 g/mol. The zero-order valence-corrected chi connectivity index (χ0v) is 12.5. The lowest BCUT2D eigenvalue weighted by atomic mass is 9.82. The Morgan fingerprint density at radius 2 is 1.72 bits per heavy atom. The third-order valence-electron chi connectivity index (χ3n) is 3.05. The van der Waals surface area contributed by atoms with Gasteiger partial charge in [0.2, 0.25) is 5.91 Å². The molecule has 0 saturated carbocycles. The summed E-state index contributed by atoms with van der Waals surface area (Å²) in [5, 5.41) is 3.38. The van der Waals surface area contributed by atoms with E-state index in [1.165, 1.54) is 0 Å². The van der Waals surface area contributed by atoms with Crippen molar-refractivity contribution in [2.75, 3.05) is 32.8 Å². The van der Waals surface area contributed by atoms with E-state index in [1.807, 2.05) is 4.90 Å². The van der Waals surface area contributed by atoms with Gasteiger partial charge in [-0.25, -0.2) is 0 Å². The van der Waals surface area contributed by atoms with E-state index < -0.39 is 0 Å². The normalized spacial score (nSPS) is 17.9. The van der Waals surface area contributed by atoms with Crippen LogP contribution in [0.15, 0.2) is 0 Å². The maximum absolute atomic E-state index is 12.0. The second kappa shape index (κ2) is 6.02. The van der Waals surface area contributed by atoms with E-state index in [9.17, 15) is 4.79 Å². The third kappa shape index (κ3) is 5.83. The van der Waals surface area contributed by atoms with Gasteiger partial charge in [-0.2, -0.15) is 0 Å². The molecule has 0 spiro atoms. The first-order valence-electron chi connectivity index (χ1n) is 6.80. The first kappa shape index (κ1) is 15.4. The van der Waals surface area contributed by atoms with E-state index in [0.29, 0.717) is 19.8 Å². The molecule has 0 aliphatic carbocycles. The Bertz CT molecular complexity index is 276. The number of ether oxygens (including phenoxy) is 1. The number of hydrogen-bond donors (Lipinski definition) is 1. The molecule has 0 unspecified atom stereocenters. The molecule has 0 aromatic heterocycles. The summed E-state index contributed by atoms with van der Waals surface area (Å²) in [7, 11) is 0. The van der Waals surface area contributed by atoms with Crippen LogP contribution in [0, 0.1) is 5.41 Å². The van der Waals surface area contributed by atoms with Gasteiger partial charge in [-0.15, -0.1) is 0 Å². The quantitative estimate of drug-likeness (QED) is 0.831. The SMILES string of the molecule is CC(C)(C)CC(C)(C)NCC(=O)N1CCOCC1. The van der Waals surface area contributed by atoms with Gasteiger partial charge in [-0.1, -0.05) is 20.8 Å². The van der Waals surface area contributed by atoms with Gasteiger partial charge >= 0.3 is 0 Å². The minimum atomic E-state index is -0.0137. The molecule has 1 amide bonds. The van der Waals surface area contributed by atoms with Crippen molar-refractivity contribution in [2.24, 2.45) is 5.41 Å². The second-order valence-electron chi connectivity index (χ2n) is 6.97. The van der Waals surface area contributed by atoms with Crippen LogP contribution in [-0.4, -0.2) is 49.2 Å². The summed E-state index contributed by atoms with van der Waals surface area (Å²) < 4.78 is 5.25. The van der Waals surface area contributed by atoms with Crippen LogP contribution in [0.2, 0.25) is 0 Å². The fraction of sp³-hybridized carbons (Fsp3) is 0.929. The molecule has 18 heavy (non-hydrogen) atoms. The van der Waals surface area contributed by atoms with Crippen molar-refractivity contribution in [3.05, 3.63) is 0 Å². The number of carbonyl (C=O) groups is 1. The molecule has 4 heteroatoms. The Hall–Kier alpha value is -0.610. The minimum Gasteiger partial charge on any atom is -0.378 e. The lowest BCUT2D eigenvalue weighted by Crippen LogP contribution is -2.50. The predicted octanol–water partition coefficient (Wildman–Crippen LogP) is 1.65. The van der Waals surface area contributed by atoms with Crippen LogP contribution in [-0.2, 0) is 9.53 Å². The molecule has 1 aliphatic rings. The van der Waals surface area contributed by atoms with Gasteiger partial charge in [0, 0.05) is 18.6 Å². The fourth-order valence-corrected chi connectivity index (χ4v) is 2.63. The standard InChI is InChI=1S/C14H28N2O2/c1-13(2,3)11-14(4,5)15-10-12(17)16-6-8-18-9-7-16/h15H,6-11H2,1-5H3. The molecule has 1 fully saturated rings. The van der Waals surface area contributed by atoms with Crippen LogP contribution < -0.4 is 5.32 Å². The van der Waals surface area contributed by atoms with E-state index in [1.54, 1.807) is 0 Å². The van der Waals surface area contributed by atoms with Crippen molar-refractivity contribution in [2.45, 2.75) is 46.6 Å². The molecule has 0 bridgehead atoms. The largest absolute Gasteiger partial charge is 0.378 e. The highest BCUT2D eigenvalue weighted by Gasteiger charge is 2.26. The molecule has 0 aromatic rings. The predicted molar refractivity (Wildman–Crippen MR) is 73.6 cm³/mol. The van der Waals surface area contributed by atoms with Crippen LogP contribution >= 0.6 is 0 Å². The van der Waals surface area contributed by atoms with Gasteiger partial charge < -0.3 is 15.0 Å². The highest BCUT2D eigenvalue weighted by molar-refractivity contribution is 5.78. The molecule has 1 heterocycles. The lowest BCUT2D eigenvalue weighted by molar-refractivity contribution is -0.134. The molecule has 0 aromatic carbocycles. The number of nitrogens with one attached hydrogen (secondary N) is 1. The Morgan fingerprint density at radius 1 is 1.17 bits per heavy atom. The minimum absolute atomic E-state index is 0.0137. The summed E-state index contributed by atoms with van der Waals surface area (Å²) in [6.07, 6.45) is 1.04. The van der Waals surface area contributed by atoms with Crippen LogP contribution in [0.5, 0.6) is 0 Å². The van der Waals surface area contributed by atoms with Crippen molar-refractivity contribution in [3.8, 4) is 0 Å². The molecule has 1 N–H and O–H groups in total. The van der Waals surface area contributed by atoms with Gasteiger partial charge in [0.25, 0.3) is 0 Å². The molecule has 106 valence electrons. The zero-order chi connectivity index (χ0) is 13.8. The maximum Gasteiger partial charge on any atom is 0.236 e. The molecule has 1 aliphatic heterocycles. The van der Waals surface area contributed by atoms with Crippen LogP contribution in [0.1, 0.15) is 41.0 Å². The Morgan fingerprint density at radius 3 is 2.22 bits per heavy atom. The number of rotatable bonds is 4. The van der Waals surface area contributed by atoms with Gasteiger partial charge in [0.05, 0.1) is 19.8 Å². The number of amides is 1. The lowest BCUT2D eigenvalue weighted by Gasteiger charge is -2.34. The number of carbonyl (C=O) groups excluding carboxylic acids is 1. The van der Waals surface area contributed by atoms with E-state index in [4.69, 9.17) is 4.74 Å². The summed E-state index contributed by atoms with van der Waals surface area (Å²) in [6.45, 7) is 14.2.